The first-order valence-corrected chi connectivity index (χ1v) is 7.85. The second-order valence-corrected chi connectivity index (χ2v) is 6.43. The van der Waals surface area contributed by atoms with Crippen LogP contribution in [0.5, 0.6) is 0 Å². The molecule has 24 heavy (non-hydrogen) atoms. The molecular weight excluding hydrogens is 304 g/mol. The van der Waals surface area contributed by atoms with Crippen molar-refractivity contribution in [3.05, 3.63) is 60.2 Å². The highest BCUT2D eigenvalue weighted by atomic mass is 16.5. The molecule has 0 spiro atoms. The number of carbonyl (C=O) groups is 2. The maximum atomic E-state index is 11.8. The summed E-state index contributed by atoms with van der Waals surface area (Å²) in [6, 6.07) is 17.4. The van der Waals surface area contributed by atoms with Crippen molar-refractivity contribution >= 4 is 12.0 Å². The van der Waals surface area contributed by atoms with Crippen LogP contribution in [0.25, 0.3) is 11.1 Å². The Hall–Kier alpha value is -2.82. The maximum absolute atomic E-state index is 11.8. The summed E-state index contributed by atoms with van der Waals surface area (Å²) >= 11 is 0. The largest absolute Gasteiger partial charge is 0.445 e. The van der Waals surface area contributed by atoms with Crippen LogP contribution in [0.3, 0.4) is 0 Å². The van der Waals surface area contributed by atoms with Gasteiger partial charge in [-0.3, -0.25) is 4.79 Å². The Bertz CT molecular complexity index is 739. The van der Waals surface area contributed by atoms with Crippen LogP contribution in [0, 0.1) is 0 Å². The highest BCUT2D eigenvalue weighted by Crippen LogP contribution is 2.20. The van der Waals surface area contributed by atoms with E-state index in [0.717, 1.165) is 16.7 Å². The van der Waals surface area contributed by atoms with E-state index in [4.69, 9.17) is 4.74 Å². The quantitative estimate of drug-likeness (QED) is 0.850. The van der Waals surface area contributed by atoms with Gasteiger partial charge in [0.25, 0.3) is 0 Å². The average Bonchev–Trinajstić information content (AvgIpc) is 2.59. The van der Waals surface area contributed by atoms with Crippen LogP contribution in [-0.2, 0) is 16.1 Å². The summed E-state index contributed by atoms with van der Waals surface area (Å²) in [6.45, 7) is 3.86. The third kappa shape index (κ3) is 3.40. The molecule has 2 amide bonds. The molecule has 0 bridgehead atoms. The number of hydrogen-bond donors (Lipinski definition) is 2. The molecule has 5 heteroatoms. The van der Waals surface area contributed by atoms with Gasteiger partial charge in [-0.15, -0.1) is 0 Å². The minimum absolute atomic E-state index is 0.162. The van der Waals surface area contributed by atoms with Gasteiger partial charge in [0.15, 0.2) is 0 Å². The van der Waals surface area contributed by atoms with Crippen LogP contribution in [0.1, 0.15) is 19.4 Å². The maximum Gasteiger partial charge on any atom is 0.408 e. The molecule has 2 aromatic rings. The topological polar surface area (TPSA) is 67.4 Å². The van der Waals surface area contributed by atoms with Gasteiger partial charge >= 0.3 is 6.09 Å². The SMILES string of the molecule is CC1(C)NC(=O)[C@@H]1NC(=O)OCc1ccc(-c2ccccc2)cc1. The van der Waals surface area contributed by atoms with Crippen molar-refractivity contribution in [2.24, 2.45) is 0 Å². The summed E-state index contributed by atoms with van der Waals surface area (Å²) < 4.78 is 5.19. The van der Waals surface area contributed by atoms with Crippen LogP contribution in [0.15, 0.2) is 54.6 Å². The molecule has 1 heterocycles. The summed E-state index contributed by atoms with van der Waals surface area (Å²) in [4.78, 5) is 23.3. The number of nitrogens with one attached hydrogen (secondary N) is 2. The molecule has 2 N–H and O–H groups in total. The monoisotopic (exact) mass is 324 g/mol. The molecule has 5 nitrogen and oxygen atoms in total. The zero-order valence-corrected chi connectivity index (χ0v) is 13.7. The van der Waals surface area contributed by atoms with Crippen LogP contribution in [0.4, 0.5) is 4.79 Å². The standard InChI is InChI=1S/C19H20N2O3/c1-19(2)16(17(22)21-19)20-18(23)24-12-13-8-10-15(11-9-13)14-6-4-3-5-7-14/h3-11,16H,12H2,1-2H3,(H,20,23)(H,21,22)/t16-/m0/s1. The molecular formula is C19H20N2O3. The van der Waals surface area contributed by atoms with Gasteiger partial charge in [0, 0.05) is 0 Å². The predicted molar refractivity (Wildman–Crippen MR) is 91.2 cm³/mol. The van der Waals surface area contributed by atoms with Crippen LogP contribution >= 0.6 is 0 Å². The lowest BCUT2D eigenvalue weighted by Gasteiger charge is -2.43. The average molecular weight is 324 g/mol. The Balaban J connectivity index is 1.53. The van der Waals surface area contributed by atoms with E-state index in [0.29, 0.717) is 0 Å². The smallest absolute Gasteiger partial charge is 0.408 e. The van der Waals surface area contributed by atoms with E-state index in [2.05, 4.69) is 10.6 Å². The number of hydrogen-bond acceptors (Lipinski definition) is 3. The van der Waals surface area contributed by atoms with Gasteiger partial charge in [0.05, 0.1) is 5.54 Å². The predicted octanol–water partition coefficient (Wildman–Crippen LogP) is 2.86. The molecule has 124 valence electrons. The summed E-state index contributed by atoms with van der Waals surface area (Å²) in [5.74, 6) is -0.191. The summed E-state index contributed by atoms with van der Waals surface area (Å²) in [6.07, 6.45) is -0.588. The number of amides is 2. The van der Waals surface area contributed by atoms with E-state index in [1.165, 1.54) is 0 Å². The fraction of sp³-hybridized carbons (Fsp3) is 0.263. The molecule has 3 rings (SSSR count). The molecule has 0 saturated carbocycles. The lowest BCUT2D eigenvalue weighted by atomic mass is 9.86. The fourth-order valence-corrected chi connectivity index (χ4v) is 2.69. The molecule has 1 aliphatic heterocycles. The lowest BCUT2D eigenvalue weighted by molar-refractivity contribution is -0.135. The van der Waals surface area contributed by atoms with Gasteiger partial charge < -0.3 is 15.4 Å². The van der Waals surface area contributed by atoms with E-state index in [-0.39, 0.29) is 12.5 Å². The molecule has 0 unspecified atom stereocenters. The Kier molecular flexibility index (Phi) is 4.25. The second-order valence-electron chi connectivity index (χ2n) is 6.43. The van der Waals surface area contributed by atoms with Crippen molar-refractivity contribution < 1.29 is 14.3 Å². The molecule has 1 fully saturated rings. The molecule has 2 aromatic carbocycles. The third-order valence-electron chi connectivity index (χ3n) is 4.12. The van der Waals surface area contributed by atoms with Crippen LogP contribution in [-0.4, -0.2) is 23.6 Å². The minimum Gasteiger partial charge on any atom is -0.445 e. The Morgan fingerprint density at radius 3 is 2.29 bits per heavy atom. The van der Waals surface area contributed by atoms with Crippen molar-refractivity contribution in [2.45, 2.75) is 32.0 Å². The van der Waals surface area contributed by atoms with E-state index < -0.39 is 17.7 Å². The molecule has 0 aliphatic carbocycles. The van der Waals surface area contributed by atoms with Gasteiger partial charge in [-0.25, -0.2) is 4.79 Å². The van der Waals surface area contributed by atoms with Gasteiger partial charge in [-0.1, -0.05) is 54.6 Å². The normalized spacial score (nSPS) is 18.2. The number of alkyl carbamates (subject to hydrolysis) is 1. The zero-order valence-electron chi connectivity index (χ0n) is 13.7. The molecule has 0 aromatic heterocycles. The first kappa shape index (κ1) is 16.1. The highest BCUT2D eigenvalue weighted by molar-refractivity contribution is 5.93. The van der Waals surface area contributed by atoms with E-state index in [1.54, 1.807) is 0 Å². The van der Waals surface area contributed by atoms with Crippen molar-refractivity contribution in [2.75, 3.05) is 0 Å². The van der Waals surface area contributed by atoms with E-state index in [9.17, 15) is 9.59 Å². The second kappa shape index (κ2) is 6.35. The van der Waals surface area contributed by atoms with Crippen LogP contribution < -0.4 is 10.6 Å². The summed E-state index contributed by atoms with van der Waals surface area (Å²) in [7, 11) is 0. The van der Waals surface area contributed by atoms with Crippen molar-refractivity contribution in [3.63, 3.8) is 0 Å². The number of benzene rings is 2. The Labute approximate surface area is 141 Å². The van der Waals surface area contributed by atoms with Crippen molar-refractivity contribution in [1.29, 1.82) is 0 Å². The zero-order chi connectivity index (χ0) is 17.2. The Morgan fingerprint density at radius 1 is 1.08 bits per heavy atom. The summed E-state index contributed by atoms with van der Waals surface area (Å²) in [5, 5.41) is 5.31. The summed E-state index contributed by atoms with van der Waals surface area (Å²) in [5.41, 5.74) is 2.70. The minimum atomic E-state index is -0.588. The van der Waals surface area contributed by atoms with E-state index >= 15 is 0 Å². The first-order valence-electron chi connectivity index (χ1n) is 7.85. The third-order valence-corrected chi connectivity index (χ3v) is 4.12. The number of β-lactam (4-membered cyclic amide) rings is 1. The van der Waals surface area contributed by atoms with Crippen LogP contribution in [0.2, 0.25) is 0 Å². The number of rotatable bonds is 4. The molecule has 1 saturated heterocycles. The van der Waals surface area contributed by atoms with Gasteiger partial charge in [-0.05, 0) is 30.5 Å². The lowest BCUT2D eigenvalue weighted by Crippen LogP contribution is -2.75. The fourth-order valence-electron chi connectivity index (χ4n) is 2.69. The van der Waals surface area contributed by atoms with Gasteiger partial charge in [0.2, 0.25) is 5.91 Å². The van der Waals surface area contributed by atoms with Gasteiger partial charge in [-0.2, -0.15) is 0 Å². The van der Waals surface area contributed by atoms with Gasteiger partial charge in [0.1, 0.15) is 12.6 Å². The molecule has 1 aliphatic rings. The highest BCUT2D eigenvalue weighted by Gasteiger charge is 2.47. The number of carbonyl (C=O) groups excluding carboxylic acids is 2. The first-order chi connectivity index (χ1) is 11.5. The molecule has 1 atom stereocenters. The van der Waals surface area contributed by atoms with Crippen molar-refractivity contribution in [1.82, 2.24) is 10.6 Å². The van der Waals surface area contributed by atoms with Crippen molar-refractivity contribution in [3.8, 4) is 11.1 Å². The molecule has 0 radical (unpaired) electrons. The van der Waals surface area contributed by atoms with E-state index in [1.807, 2.05) is 68.4 Å². The Morgan fingerprint density at radius 2 is 1.71 bits per heavy atom. The number of ether oxygens (including phenoxy) is 1.